The lowest BCUT2D eigenvalue weighted by Gasteiger charge is -2.24. The molecule has 13 heavy (non-hydrogen) atoms. The second-order valence-corrected chi connectivity index (χ2v) is 4.60. The van der Waals surface area contributed by atoms with Crippen molar-refractivity contribution in [3.05, 3.63) is 34.9 Å². The summed E-state index contributed by atoms with van der Waals surface area (Å²) in [4.78, 5) is 0. The Balaban J connectivity index is 3.16. The van der Waals surface area contributed by atoms with Gasteiger partial charge in [-0.25, -0.2) is 0 Å². The average Bonchev–Trinajstić information content (AvgIpc) is 2.03. The number of hydrogen-bond acceptors (Lipinski definition) is 0. The molecular weight excluding hydrogens is 180 g/mol. The average molecular weight is 197 g/mol. The van der Waals surface area contributed by atoms with Gasteiger partial charge in [0.1, 0.15) is 0 Å². The highest BCUT2D eigenvalue weighted by molar-refractivity contribution is 6.18. The topological polar surface area (TPSA) is 0 Å². The molecular formula is C12H17Cl. The van der Waals surface area contributed by atoms with Crippen molar-refractivity contribution in [2.75, 3.05) is 5.88 Å². The van der Waals surface area contributed by atoms with Gasteiger partial charge < -0.3 is 0 Å². The van der Waals surface area contributed by atoms with Crippen molar-refractivity contribution in [1.29, 1.82) is 0 Å². The summed E-state index contributed by atoms with van der Waals surface area (Å²) >= 11 is 5.94. The molecule has 1 heteroatoms. The SMILES string of the molecule is Cc1ccc(C(C)(C)CCl)c(C)c1. The van der Waals surface area contributed by atoms with Gasteiger partial charge in [0.2, 0.25) is 0 Å². The lowest BCUT2D eigenvalue weighted by molar-refractivity contribution is 0.593. The Morgan fingerprint density at radius 3 is 2.31 bits per heavy atom. The summed E-state index contributed by atoms with van der Waals surface area (Å²) in [7, 11) is 0. The third kappa shape index (κ3) is 2.25. The van der Waals surface area contributed by atoms with E-state index in [0.29, 0.717) is 5.88 Å². The fourth-order valence-corrected chi connectivity index (χ4v) is 1.79. The Kier molecular flexibility index (Phi) is 3.02. The smallest absolute Gasteiger partial charge is 0.0315 e. The van der Waals surface area contributed by atoms with E-state index in [-0.39, 0.29) is 5.41 Å². The molecule has 0 aromatic heterocycles. The van der Waals surface area contributed by atoms with Gasteiger partial charge in [-0.15, -0.1) is 11.6 Å². The van der Waals surface area contributed by atoms with E-state index in [1.54, 1.807) is 0 Å². The minimum Gasteiger partial charge on any atom is -0.126 e. The number of halogens is 1. The molecule has 0 N–H and O–H groups in total. The van der Waals surface area contributed by atoms with E-state index < -0.39 is 0 Å². The van der Waals surface area contributed by atoms with Crippen molar-refractivity contribution >= 4 is 11.6 Å². The second kappa shape index (κ2) is 3.71. The zero-order valence-corrected chi connectivity index (χ0v) is 9.57. The molecule has 1 aromatic carbocycles. The van der Waals surface area contributed by atoms with Crippen molar-refractivity contribution in [2.45, 2.75) is 33.1 Å². The van der Waals surface area contributed by atoms with Gasteiger partial charge in [0, 0.05) is 11.3 Å². The summed E-state index contributed by atoms with van der Waals surface area (Å²) in [6, 6.07) is 6.55. The third-order valence-electron chi connectivity index (χ3n) is 2.45. The molecule has 0 atom stereocenters. The molecule has 0 aliphatic heterocycles. The van der Waals surface area contributed by atoms with E-state index >= 15 is 0 Å². The normalized spacial score (nSPS) is 11.8. The molecule has 0 aliphatic rings. The molecule has 0 spiro atoms. The number of aryl methyl sites for hydroxylation is 2. The monoisotopic (exact) mass is 196 g/mol. The lowest BCUT2D eigenvalue weighted by atomic mass is 9.83. The van der Waals surface area contributed by atoms with Crippen LogP contribution in [0.4, 0.5) is 0 Å². The summed E-state index contributed by atoms with van der Waals surface area (Å²) in [6.07, 6.45) is 0. The van der Waals surface area contributed by atoms with Crippen LogP contribution in [0, 0.1) is 13.8 Å². The third-order valence-corrected chi connectivity index (χ3v) is 3.11. The Morgan fingerprint density at radius 2 is 1.85 bits per heavy atom. The van der Waals surface area contributed by atoms with Crippen LogP contribution in [0.3, 0.4) is 0 Å². The summed E-state index contributed by atoms with van der Waals surface area (Å²) < 4.78 is 0. The minimum absolute atomic E-state index is 0.0827. The zero-order chi connectivity index (χ0) is 10.1. The van der Waals surface area contributed by atoms with Crippen molar-refractivity contribution in [3.8, 4) is 0 Å². The van der Waals surface area contributed by atoms with Crippen LogP contribution in [0.1, 0.15) is 30.5 Å². The van der Waals surface area contributed by atoms with Crippen molar-refractivity contribution in [2.24, 2.45) is 0 Å². The molecule has 1 rings (SSSR count). The van der Waals surface area contributed by atoms with E-state index in [0.717, 1.165) is 0 Å². The molecule has 0 saturated heterocycles. The Hall–Kier alpha value is -0.490. The molecule has 0 aliphatic carbocycles. The van der Waals surface area contributed by atoms with Gasteiger partial charge in [-0.2, -0.15) is 0 Å². The fraction of sp³-hybridized carbons (Fsp3) is 0.500. The van der Waals surface area contributed by atoms with Gasteiger partial charge >= 0.3 is 0 Å². The van der Waals surface area contributed by atoms with Crippen LogP contribution in [0.5, 0.6) is 0 Å². The Labute approximate surface area is 85.9 Å². The predicted octanol–water partition coefficient (Wildman–Crippen LogP) is 3.82. The maximum absolute atomic E-state index is 5.94. The number of rotatable bonds is 2. The van der Waals surface area contributed by atoms with Crippen LogP contribution in [0.2, 0.25) is 0 Å². The molecule has 0 amide bonds. The highest BCUT2D eigenvalue weighted by Gasteiger charge is 2.20. The van der Waals surface area contributed by atoms with Crippen LogP contribution >= 0.6 is 11.6 Å². The number of alkyl halides is 1. The first-order valence-electron chi connectivity index (χ1n) is 4.61. The van der Waals surface area contributed by atoms with Crippen molar-refractivity contribution < 1.29 is 0 Å². The van der Waals surface area contributed by atoms with E-state index in [1.807, 2.05) is 0 Å². The van der Waals surface area contributed by atoms with Gasteiger partial charge in [0.25, 0.3) is 0 Å². The van der Waals surface area contributed by atoms with E-state index in [9.17, 15) is 0 Å². The largest absolute Gasteiger partial charge is 0.126 e. The van der Waals surface area contributed by atoms with Crippen LogP contribution < -0.4 is 0 Å². The number of benzene rings is 1. The molecule has 72 valence electrons. The van der Waals surface area contributed by atoms with Gasteiger partial charge in [0.05, 0.1) is 0 Å². The molecule has 0 bridgehead atoms. The summed E-state index contributed by atoms with van der Waals surface area (Å²) in [5, 5.41) is 0. The first-order chi connectivity index (χ1) is 5.97. The van der Waals surface area contributed by atoms with Crippen LogP contribution in [0.25, 0.3) is 0 Å². The van der Waals surface area contributed by atoms with Gasteiger partial charge in [-0.1, -0.05) is 37.6 Å². The molecule has 0 unspecified atom stereocenters. The Morgan fingerprint density at radius 1 is 1.23 bits per heavy atom. The lowest BCUT2D eigenvalue weighted by Crippen LogP contribution is -2.20. The quantitative estimate of drug-likeness (QED) is 0.631. The van der Waals surface area contributed by atoms with Gasteiger partial charge in [-0.3, -0.25) is 0 Å². The van der Waals surface area contributed by atoms with Gasteiger partial charge in [0.15, 0.2) is 0 Å². The first-order valence-corrected chi connectivity index (χ1v) is 5.14. The zero-order valence-electron chi connectivity index (χ0n) is 8.82. The Bertz CT molecular complexity index is 300. The van der Waals surface area contributed by atoms with E-state index in [2.05, 4.69) is 45.9 Å². The van der Waals surface area contributed by atoms with Crippen molar-refractivity contribution in [3.63, 3.8) is 0 Å². The first kappa shape index (κ1) is 10.6. The maximum atomic E-state index is 5.94. The molecule has 0 fully saturated rings. The molecule has 0 saturated carbocycles. The summed E-state index contributed by atoms with van der Waals surface area (Å²) in [5.74, 6) is 0.664. The van der Waals surface area contributed by atoms with E-state index in [1.165, 1.54) is 16.7 Å². The van der Waals surface area contributed by atoms with Crippen LogP contribution in [-0.4, -0.2) is 5.88 Å². The second-order valence-electron chi connectivity index (χ2n) is 4.34. The molecule has 0 radical (unpaired) electrons. The fourth-order valence-electron chi connectivity index (χ4n) is 1.64. The van der Waals surface area contributed by atoms with Crippen molar-refractivity contribution in [1.82, 2.24) is 0 Å². The maximum Gasteiger partial charge on any atom is 0.0315 e. The van der Waals surface area contributed by atoms with E-state index in [4.69, 9.17) is 11.6 Å². The van der Waals surface area contributed by atoms with Crippen LogP contribution in [-0.2, 0) is 5.41 Å². The molecule has 1 aromatic rings. The standard InChI is InChI=1S/C12H17Cl/c1-9-5-6-11(10(2)7-9)12(3,4)8-13/h5-7H,8H2,1-4H3. The minimum atomic E-state index is 0.0827. The number of hydrogen-bond donors (Lipinski definition) is 0. The van der Waals surface area contributed by atoms with Gasteiger partial charge in [-0.05, 0) is 25.0 Å². The predicted molar refractivity (Wildman–Crippen MR) is 59.7 cm³/mol. The molecule has 0 nitrogen and oxygen atoms in total. The molecule has 0 heterocycles. The van der Waals surface area contributed by atoms with Crippen LogP contribution in [0.15, 0.2) is 18.2 Å². The highest BCUT2D eigenvalue weighted by Crippen LogP contribution is 2.27. The summed E-state index contributed by atoms with van der Waals surface area (Å²) in [6.45, 7) is 8.62. The highest BCUT2D eigenvalue weighted by atomic mass is 35.5. The summed E-state index contributed by atoms with van der Waals surface area (Å²) in [5.41, 5.74) is 4.09.